The average Bonchev–Trinajstić information content (AvgIpc) is 2.69. The average molecular weight is 208 g/mol. The van der Waals surface area contributed by atoms with Crippen LogP contribution < -0.4 is 0 Å². The van der Waals surface area contributed by atoms with Crippen molar-refractivity contribution in [3.63, 3.8) is 0 Å². The second kappa shape index (κ2) is 6.70. The molecule has 0 saturated carbocycles. The first-order valence-corrected chi connectivity index (χ1v) is 4.78. The summed E-state index contributed by atoms with van der Waals surface area (Å²) in [6.07, 6.45) is 2.22. The van der Waals surface area contributed by atoms with E-state index in [2.05, 4.69) is 16.9 Å². The Balaban J connectivity index is 0.000000921. The molecule has 0 aromatic carbocycles. The Labute approximate surface area is 89.7 Å². The van der Waals surface area contributed by atoms with Gasteiger partial charge in [0.25, 0.3) is 0 Å². The lowest BCUT2D eigenvalue weighted by molar-refractivity contribution is -0.103. The Kier molecular flexibility index (Phi) is 5.94. The standard InChI is InChI=1S/C9H10N2O2.C2H6/c1-4-8-9(13-11-10-8)7(5-12)6(2)3;1-2/h4-5H,1H2,2-3H3;1-2H3. The van der Waals surface area contributed by atoms with Crippen LogP contribution in [0, 0.1) is 0 Å². The van der Waals surface area contributed by atoms with Crippen molar-refractivity contribution in [3.05, 3.63) is 23.6 Å². The van der Waals surface area contributed by atoms with Crippen LogP contribution in [0.5, 0.6) is 0 Å². The van der Waals surface area contributed by atoms with Crippen LogP contribution in [0.4, 0.5) is 0 Å². The first-order chi connectivity index (χ1) is 7.20. The molecule has 4 heteroatoms. The van der Waals surface area contributed by atoms with Gasteiger partial charge < -0.3 is 4.52 Å². The summed E-state index contributed by atoms with van der Waals surface area (Å²) in [5, 5.41) is 7.01. The van der Waals surface area contributed by atoms with E-state index in [0.29, 0.717) is 17.0 Å². The molecule has 1 aromatic heterocycles. The summed E-state index contributed by atoms with van der Waals surface area (Å²) < 4.78 is 4.85. The minimum Gasteiger partial charge on any atom is -0.336 e. The molecule has 82 valence electrons. The molecule has 1 rings (SSSR count). The summed E-state index contributed by atoms with van der Waals surface area (Å²) in [4.78, 5) is 10.7. The van der Waals surface area contributed by atoms with Gasteiger partial charge in [-0.1, -0.05) is 26.0 Å². The third kappa shape index (κ3) is 3.16. The molecule has 0 fully saturated rings. The lowest BCUT2D eigenvalue weighted by Crippen LogP contribution is -1.89. The van der Waals surface area contributed by atoms with Crippen molar-refractivity contribution in [2.75, 3.05) is 0 Å². The maximum absolute atomic E-state index is 10.7. The van der Waals surface area contributed by atoms with Gasteiger partial charge in [-0.2, -0.15) is 0 Å². The molecule has 0 amide bonds. The first-order valence-electron chi connectivity index (χ1n) is 4.78. The number of hydrogen-bond acceptors (Lipinski definition) is 4. The van der Waals surface area contributed by atoms with E-state index in [1.54, 1.807) is 0 Å². The van der Waals surface area contributed by atoms with Crippen LogP contribution in [0.2, 0.25) is 0 Å². The Morgan fingerprint density at radius 1 is 1.40 bits per heavy atom. The number of carbonyl (C=O) groups excluding carboxylic acids is 1. The molecule has 0 atom stereocenters. The van der Waals surface area contributed by atoms with E-state index >= 15 is 0 Å². The lowest BCUT2D eigenvalue weighted by atomic mass is 10.1. The number of aldehydes is 1. The fourth-order valence-corrected chi connectivity index (χ4v) is 0.917. The van der Waals surface area contributed by atoms with E-state index in [-0.39, 0.29) is 0 Å². The van der Waals surface area contributed by atoms with Gasteiger partial charge in [-0.15, -0.1) is 5.10 Å². The van der Waals surface area contributed by atoms with E-state index in [0.717, 1.165) is 11.9 Å². The van der Waals surface area contributed by atoms with Crippen LogP contribution in [0.3, 0.4) is 0 Å². The fraction of sp³-hybridized carbons (Fsp3) is 0.364. The largest absolute Gasteiger partial charge is 0.336 e. The summed E-state index contributed by atoms with van der Waals surface area (Å²) in [6, 6.07) is 0. The highest BCUT2D eigenvalue weighted by atomic mass is 16.5. The second-order valence-electron chi connectivity index (χ2n) is 2.72. The summed E-state index contributed by atoms with van der Waals surface area (Å²) in [5.74, 6) is 0.380. The van der Waals surface area contributed by atoms with Crippen LogP contribution in [-0.4, -0.2) is 16.7 Å². The highest BCUT2D eigenvalue weighted by Gasteiger charge is 2.12. The van der Waals surface area contributed by atoms with Gasteiger partial charge in [0.1, 0.15) is 5.69 Å². The molecule has 0 bridgehead atoms. The third-order valence-electron chi connectivity index (χ3n) is 1.61. The van der Waals surface area contributed by atoms with Crippen molar-refractivity contribution in [2.45, 2.75) is 27.7 Å². The van der Waals surface area contributed by atoms with Crippen molar-refractivity contribution in [3.8, 4) is 0 Å². The maximum Gasteiger partial charge on any atom is 0.197 e. The predicted molar refractivity (Wildman–Crippen MR) is 60.1 cm³/mol. The van der Waals surface area contributed by atoms with Crippen molar-refractivity contribution >= 4 is 17.9 Å². The summed E-state index contributed by atoms with van der Waals surface area (Å²) >= 11 is 0. The first kappa shape index (κ1) is 13.3. The van der Waals surface area contributed by atoms with Crippen molar-refractivity contribution < 1.29 is 9.32 Å². The van der Waals surface area contributed by atoms with Gasteiger partial charge in [-0.25, -0.2) is 0 Å². The normalized spacial score (nSPS) is 8.53. The number of rotatable bonds is 3. The van der Waals surface area contributed by atoms with E-state index < -0.39 is 0 Å². The van der Waals surface area contributed by atoms with Gasteiger partial charge in [-0.05, 0) is 19.9 Å². The van der Waals surface area contributed by atoms with Crippen LogP contribution >= 0.6 is 0 Å². The molecule has 0 aliphatic rings. The highest BCUT2D eigenvalue weighted by molar-refractivity contribution is 6.07. The summed E-state index contributed by atoms with van der Waals surface area (Å²) in [6.45, 7) is 11.2. The van der Waals surface area contributed by atoms with Gasteiger partial charge in [-0.3, -0.25) is 4.79 Å². The zero-order valence-electron chi connectivity index (χ0n) is 9.57. The molecule has 0 spiro atoms. The second-order valence-corrected chi connectivity index (χ2v) is 2.72. The quantitative estimate of drug-likeness (QED) is 0.566. The number of nitrogens with zero attached hydrogens (tertiary/aromatic N) is 2. The smallest absolute Gasteiger partial charge is 0.197 e. The number of allylic oxidation sites excluding steroid dienone is 2. The van der Waals surface area contributed by atoms with Crippen molar-refractivity contribution in [2.24, 2.45) is 0 Å². The molecule has 0 unspecified atom stereocenters. The van der Waals surface area contributed by atoms with E-state index in [4.69, 9.17) is 4.52 Å². The van der Waals surface area contributed by atoms with E-state index in [9.17, 15) is 4.79 Å². The van der Waals surface area contributed by atoms with E-state index in [1.165, 1.54) is 6.08 Å². The molecule has 1 heterocycles. The lowest BCUT2D eigenvalue weighted by Gasteiger charge is -1.96. The van der Waals surface area contributed by atoms with Gasteiger partial charge in [0.2, 0.25) is 0 Å². The zero-order valence-corrected chi connectivity index (χ0v) is 9.57. The molecule has 0 N–H and O–H groups in total. The number of carbonyl (C=O) groups is 1. The van der Waals surface area contributed by atoms with Gasteiger partial charge in [0.15, 0.2) is 12.0 Å². The van der Waals surface area contributed by atoms with E-state index in [1.807, 2.05) is 27.7 Å². The minimum absolute atomic E-state index is 0.380. The van der Waals surface area contributed by atoms with Gasteiger partial charge >= 0.3 is 0 Å². The molecular weight excluding hydrogens is 192 g/mol. The SMILES string of the molecule is C=Cc1nnoc1C(C=O)=C(C)C.CC. The molecule has 4 nitrogen and oxygen atoms in total. The van der Waals surface area contributed by atoms with Crippen molar-refractivity contribution in [1.82, 2.24) is 10.4 Å². The zero-order chi connectivity index (χ0) is 11.8. The Morgan fingerprint density at radius 3 is 2.40 bits per heavy atom. The summed E-state index contributed by atoms with van der Waals surface area (Å²) in [7, 11) is 0. The molecule has 0 aliphatic carbocycles. The monoisotopic (exact) mass is 208 g/mol. The topological polar surface area (TPSA) is 56.0 Å². The molecular formula is C11H16N2O2. The highest BCUT2D eigenvalue weighted by Crippen LogP contribution is 2.19. The Bertz CT molecular complexity index is 360. The predicted octanol–water partition coefficient (Wildman–Crippen LogP) is 2.73. The van der Waals surface area contributed by atoms with Crippen LogP contribution in [-0.2, 0) is 4.79 Å². The summed E-state index contributed by atoms with van der Waals surface area (Å²) in [5.41, 5.74) is 1.82. The molecule has 0 aliphatic heterocycles. The number of hydrogen-bond donors (Lipinski definition) is 0. The molecule has 15 heavy (non-hydrogen) atoms. The maximum atomic E-state index is 10.7. The van der Waals surface area contributed by atoms with Crippen LogP contribution in [0.1, 0.15) is 39.1 Å². The van der Waals surface area contributed by atoms with Crippen molar-refractivity contribution in [1.29, 1.82) is 0 Å². The van der Waals surface area contributed by atoms with Crippen LogP contribution in [0.15, 0.2) is 16.7 Å². The minimum atomic E-state index is 0.380. The number of aromatic nitrogens is 2. The van der Waals surface area contributed by atoms with Crippen LogP contribution in [0.25, 0.3) is 11.6 Å². The van der Waals surface area contributed by atoms with Gasteiger partial charge in [0.05, 0.1) is 5.57 Å². The Morgan fingerprint density at radius 2 is 2.00 bits per heavy atom. The molecule has 0 saturated heterocycles. The molecule has 0 radical (unpaired) electrons. The van der Waals surface area contributed by atoms with Gasteiger partial charge in [0, 0.05) is 5.27 Å². The third-order valence-corrected chi connectivity index (χ3v) is 1.61. The Hall–Kier alpha value is -1.71. The molecule has 1 aromatic rings. The fourth-order valence-electron chi connectivity index (χ4n) is 0.917.